The number of hydrogen-bond acceptors (Lipinski definition) is 4. The molecule has 0 aromatic rings. The Morgan fingerprint density at radius 3 is 1.92 bits per heavy atom. The van der Waals surface area contributed by atoms with Gasteiger partial charge in [-0.25, -0.2) is 9.59 Å². The zero-order valence-electron chi connectivity index (χ0n) is 8.34. The molecule has 0 unspecified atom stereocenters. The topological polar surface area (TPSA) is 52.6 Å². The van der Waals surface area contributed by atoms with Crippen LogP contribution in [0.3, 0.4) is 0 Å². The highest BCUT2D eigenvalue weighted by Gasteiger charge is 2.14. The molecular formula is C9H14O4. The summed E-state index contributed by atoms with van der Waals surface area (Å²) in [6.07, 6.45) is 0. The van der Waals surface area contributed by atoms with Crippen LogP contribution in [-0.2, 0) is 19.1 Å². The van der Waals surface area contributed by atoms with E-state index in [9.17, 15) is 9.59 Å². The zero-order chi connectivity index (χ0) is 10.4. The second-order valence-electron chi connectivity index (χ2n) is 2.46. The lowest BCUT2D eigenvalue weighted by Gasteiger charge is -2.04. The van der Waals surface area contributed by atoms with E-state index in [1.54, 1.807) is 6.92 Å². The summed E-state index contributed by atoms with van der Waals surface area (Å²) < 4.78 is 9.17. The summed E-state index contributed by atoms with van der Waals surface area (Å²) in [6, 6.07) is 0. The molecule has 74 valence electrons. The maximum Gasteiger partial charge on any atom is 0.334 e. The van der Waals surface area contributed by atoms with Gasteiger partial charge in [-0.05, 0) is 20.8 Å². The van der Waals surface area contributed by atoms with E-state index >= 15 is 0 Å². The van der Waals surface area contributed by atoms with Crippen molar-refractivity contribution >= 4 is 11.9 Å². The van der Waals surface area contributed by atoms with Crippen molar-refractivity contribution in [1.82, 2.24) is 0 Å². The molecule has 0 rings (SSSR count). The second kappa shape index (κ2) is 5.35. The highest BCUT2D eigenvalue weighted by Crippen LogP contribution is 2.06. The van der Waals surface area contributed by atoms with Gasteiger partial charge in [0.2, 0.25) is 0 Å². The number of hydrogen-bond donors (Lipinski definition) is 0. The number of carbonyl (C=O) groups excluding carboxylic acids is 2. The van der Waals surface area contributed by atoms with E-state index in [1.807, 2.05) is 0 Å². The molecule has 0 saturated heterocycles. The largest absolute Gasteiger partial charge is 0.466 e. The zero-order valence-corrected chi connectivity index (χ0v) is 8.34. The summed E-state index contributed by atoms with van der Waals surface area (Å²) in [5.41, 5.74) is 0.564. The molecule has 0 aliphatic carbocycles. The van der Waals surface area contributed by atoms with Crippen molar-refractivity contribution in [3.05, 3.63) is 11.1 Å². The highest BCUT2D eigenvalue weighted by molar-refractivity contribution is 5.99. The van der Waals surface area contributed by atoms with E-state index in [4.69, 9.17) is 4.74 Å². The first-order valence-corrected chi connectivity index (χ1v) is 3.97. The van der Waals surface area contributed by atoms with Crippen LogP contribution < -0.4 is 0 Å². The highest BCUT2D eigenvalue weighted by atomic mass is 16.5. The SMILES string of the molecule is CCOC(=O)C(C)=C(C)C(=O)OC. The van der Waals surface area contributed by atoms with Gasteiger partial charge in [-0.1, -0.05) is 0 Å². The van der Waals surface area contributed by atoms with Crippen molar-refractivity contribution in [2.45, 2.75) is 20.8 Å². The summed E-state index contributed by atoms with van der Waals surface area (Å²) in [5, 5.41) is 0. The average molecular weight is 186 g/mol. The maximum absolute atomic E-state index is 11.1. The fourth-order valence-corrected chi connectivity index (χ4v) is 0.699. The van der Waals surface area contributed by atoms with E-state index in [0.29, 0.717) is 6.61 Å². The standard InChI is InChI=1S/C9H14O4/c1-5-13-9(11)7(3)6(2)8(10)12-4/h5H2,1-4H3. The summed E-state index contributed by atoms with van der Waals surface area (Å²) >= 11 is 0. The van der Waals surface area contributed by atoms with E-state index in [0.717, 1.165) is 0 Å². The van der Waals surface area contributed by atoms with Crippen LogP contribution in [0.4, 0.5) is 0 Å². The Labute approximate surface area is 77.5 Å². The molecule has 0 fully saturated rings. The van der Waals surface area contributed by atoms with Crippen molar-refractivity contribution in [1.29, 1.82) is 0 Å². The first kappa shape index (κ1) is 11.7. The second-order valence-corrected chi connectivity index (χ2v) is 2.46. The van der Waals surface area contributed by atoms with E-state index < -0.39 is 11.9 Å². The lowest BCUT2D eigenvalue weighted by molar-refractivity contribution is -0.140. The van der Waals surface area contributed by atoms with Gasteiger partial charge in [-0.3, -0.25) is 0 Å². The summed E-state index contributed by atoms with van der Waals surface area (Å²) in [7, 11) is 1.27. The predicted octanol–water partition coefficient (Wildman–Crippen LogP) is 1.06. The van der Waals surface area contributed by atoms with Crippen LogP contribution in [-0.4, -0.2) is 25.7 Å². The van der Waals surface area contributed by atoms with Gasteiger partial charge < -0.3 is 9.47 Å². The Balaban J connectivity index is 4.60. The molecule has 4 nitrogen and oxygen atoms in total. The Morgan fingerprint density at radius 1 is 1.08 bits per heavy atom. The number of ether oxygens (including phenoxy) is 2. The quantitative estimate of drug-likeness (QED) is 0.488. The van der Waals surface area contributed by atoms with Crippen LogP contribution in [0.25, 0.3) is 0 Å². The molecule has 0 aliphatic rings. The summed E-state index contributed by atoms with van der Waals surface area (Å²) in [4.78, 5) is 22.1. The molecule has 0 amide bonds. The van der Waals surface area contributed by atoms with Crippen LogP contribution in [0, 0.1) is 0 Å². The van der Waals surface area contributed by atoms with Crippen molar-refractivity contribution in [2.75, 3.05) is 13.7 Å². The van der Waals surface area contributed by atoms with Crippen LogP contribution in [0.5, 0.6) is 0 Å². The molecule has 0 saturated carbocycles. The smallest absolute Gasteiger partial charge is 0.334 e. The third-order valence-corrected chi connectivity index (χ3v) is 1.64. The van der Waals surface area contributed by atoms with Crippen LogP contribution in [0.15, 0.2) is 11.1 Å². The van der Waals surface area contributed by atoms with Crippen LogP contribution in [0.1, 0.15) is 20.8 Å². The summed E-state index contributed by atoms with van der Waals surface area (Å²) in [5.74, 6) is -0.990. The molecular weight excluding hydrogens is 172 g/mol. The van der Waals surface area contributed by atoms with Gasteiger partial charge in [0.15, 0.2) is 0 Å². The first-order valence-electron chi connectivity index (χ1n) is 3.97. The van der Waals surface area contributed by atoms with Gasteiger partial charge in [-0.2, -0.15) is 0 Å². The minimum absolute atomic E-state index is 0.279. The predicted molar refractivity (Wildman–Crippen MR) is 47.0 cm³/mol. The Kier molecular flexibility index (Phi) is 4.80. The number of carbonyl (C=O) groups is 2. The van der Waals surface area contributed by atoms with Crippen molar-refractivity contribution < 1.29 is 19.1 Å². The van der Waals surface area contributed by atoms with Crippen LogP contribution >= 0.6 is 0 Å². The molecule has 0 aromatic heterocycles. The number of rotatable bonds is 3. The average Bonchev–Trinajstić information content (AvgIpc) is 2.14. The minimum Gasteiger partial charge on any atom is -0.466 e. The lowest BCUT2D eigenvalue weighted by Crippen LogP contribution is -2.12. The molecule has 0 heterocycles. The van der Waals surface area contributed by atoms with Gasteiger partial charge in [0.05, 0.1) is 13.7 Å². The molecule has 0 bridgehead atoms. The van der Waals surface area contributed by atoms with Gasteiger partial charge >= 0.3 is 11.9 Å². The van der Waals surface area contributed by atoms with Crippen molar-refractivity contribution in [2.24, 2.45) is 0 Å². The molecule has 0 atom stereocenters. The Morgan fingerprint density at radius 2 is 1.54 bits per heavy atom. The number of esters is 2. The Hall–Kier alpha value is -1.32. The maximum atomic E-state index is 11.1. The summed E-state index contributed by atoms with van der Waals surface area (Å²) in [6.45, 7) is 5.06. The molecule has 0 aliphatic heterocycles. The molecule has 4 heteroatoms. The third-order valence-electron chi connectivity index (χ3n) is 1.64. The van der Waals surface area contributed by atoms with E-state index in [2.05, 4.69) is 4.74 Å². The lowest BCUT2D eigenvalue weighted by atomic mass is 10.1. The van der Waals surface area contributed by atoms with Crippen molar-refractivity contribution in [3.63, 3.8) is 0 Å². The van der Waals surface area contributed by atoms with Gasteiger partial charge in [-0.15, -0.1) is 0 Å². The molecule has 0 aromatic carbocycles. The van der Waals surface area contributed by atoms with Gasteiger partial charge in [0, 0.05) is 11.1 Å². The van der Waals surface area contributed by atoms with Gasteiger partial charge in [0.1, 0.15) is 0 Å². The minimum atomic E-state index is -0.509. The molecule has 13 heavy (non-hydrogen) atoms. The molecule has 0 radical (unpaired) electrons. The fourth-order valence-electron chi connectivity index (χ4n) is 0.699. The Bertz CT molecular complexity index is 240. The van der Waals surface area contributed by atoms with E-state index in [-0.39, 0.29) is 11.1 Å². The normalized spacial score (nSPS) is 11.7. The first-order chi connectivity index (χ1) is 6.04. The van der Waals surface area contributed by atoms with E-state index in [1.165, 1.54) is 21.0 Å². The number of methoxy groups -OCH3 is 1. The fraction of sp³-hybridized carbons (Fsp3) is 0.556. The van der Waals surface area contributed by atoms with Gasteiger partial charge in [0.25, 0.3) is 0 Å². The van der Waals surface area contributed by atoms with Crippen LogP contribution in [0.2, 0.25) is 0 Å². The third kappa shape index (κ3) is 3.27. The molecule has 0 N–H and O–H groups in total. The van der Waals surface area contributed by atoms with Crippen molar-refractivity contribution in [3.8, 4) is 0 Å². The molecule has 0 spiro atoms. The monoisotopic (exact) mass is 186 g/mol.